The first kappa shape index (κ1) is 41.5. The number of aromatic nitrogens is 1. The molecule has 5 heterocycles. The Morgan fingerprint density at radius 1 is 0.962 bits per heavy atom. The predicted octanol–water partition coefficient (Wildman–Crippen LogP) is 4.43. The Hall–Kier alpha value is -4.29. The number of anilines is 1. The summed E-state index contributed by atoms with van der Waals surface area (Å²) in [7, 11) is -0.922. The highest BCUT2D eigenvalue weighted by molar-refractivity contribution is 7.93. The predicted molar refractivity (Wildman–Crippen MR) is 198 cm³/mol. The lowest BCUT2D eigenvalue weighted by Crippen LogP contribution is -2.55. The first-order chi connectivity index (χ1) is 24.9. The number of pyridine rings is 1. The lowest BCUT2D eigenvalue weighted by Gasteiger charge is -2.42. The van der Waals surface area contributed by atoms with Crippen molar-refractivity contribution in [3.8, 4) is 5.88 Å². The van der Waals surface area contributed by atoms with Crippen molar-refractivity contribution in [2.24, 2.45) is 0 Å². The summed E-state index contributed by atoms with van der Waals surface area (Å²) in [6, 6.07) is 9.55. The van der Waals surface area contributed by atoms with Gasteiger partial charge in [-0.25, -0.2) is 18.2 Å². The van der Waals surface area contributed by atoms with Gasteiger partial charge in [-0.1, -0.05) is 11.6 Å². The summed E-state index contributed by atoms with van der Waals surface area (Å²) in [6.45, 7) is 9.87. The molecule has 2 saturated heterocycles. The number of rotatable bonds is 6. The second-order valence-electron chi connectivity index (χ2n) is 12.7. The first-order valence-corrected chi connectivity index (χ1v) is 19.3. The topological polar surface area (TPSA) is 187 Å². The van der Waals surface area contributed by atoms with Crippen LogP contribution in [0.1, 0.15) is 47.6 Å². The summed E-state index contributed by atoms with van der Waals surface area (Å²) in [5.41, 5.74) is -2.00. The quantitative estimate of drug-likeness (QED) is 0.357. The third kappa shape index (κ3) is 9.09. The van der Waals surface area contributed by atoms with Crippen LogP contribution in [0.2, 0.25) is 5.02 Å². The van der Waals surface area contributed by atoms with Crippen molar-refractivity contribution in [2.45, 2.75) is 57.1 Å². The van der Waals surface area contributed by atoms with E-state index in [9.17, 15) is 18.0 Å². The number of nitrogens with zero attached hydrogens (tertiary/aromatic N) is 5. The van der Waals surface area contributed by atoms with Crippen LogP contribution >= 0.6 is 22.9 Å². The number of carbonyl (C=O) groups is 4. The largest absolute Gasteiger partial charge is 0.481 e. The number of sulfonamides is 1. The first-order valence-electron chi connectivity index (χ1n) is 16.7. The molecule has 1 unspecified atom stereocenters. The molecule has 3 aliphatic rings. The molecule has 1 aromatic carbocycles. The molecule has 0 aliphatic carbocycles. The Morgan fingerprint density at radius 3 is 2.11 bits per heavy atom. The van der Waals surface area contributed by atoms with E-state index in [-0.39, 0.29) is 32.6 Å². The Bertz CT molecular complexity index is 1920. The number of likely N-dealkylation sites (tertiary alicyclic amines) is 1. The highest BCUT2D eigenvalue weighted by atomic mass is 35.5. The van der Waals surface area contributed by atoms with Crippen LogP contribution in [-0.4, -0.2) is 122 Å². The van der Waals surface area contributed by atoms with E-state index < -0.39 is 39.6 Å². The maximum absolute atomic E-state index is 14.8. The number of benzene rings is 1. The number of piperazine rings is 1. The summed E-state index contributed by atoms with van der Waals surface area (Å²) < 4.78 is 41.1. The van der Waals surface area contributed by atoms with E-state index in [4.69, 9.17) is 40.9 Å². The molecule has 0 spiro atoms. The number of thiophene rings is 1. The molecule has 3 aliphatic heterocycles. The van der Waals surface area contributed by atoms with Gasteiger partial charge in [0, 0.05) is 72.6 Å². The van der Waals surface area contributed by atoms with Crippen molar-refractivity contribution in [1.29, 1.82) is 0 Å². The van der Waals surface area contributed by atoms with Crippen LogP contribution in [0.5, 0.6) is 5.88 Å². The van der Waals surface area contributed by atoms with Crippen LogP contribution in [0.15, 0.2) is 47.5 Å². The lowest BCUT2D eigenvalue weighted by molar-refractivity contribution is -0.135. The van der Waals surface area contributed by atoms with E-state index in [0.29, 0.717) is 37.1 Å². The molecule has 15 nitrogen and oxygen atoms in total. The summed E-state index contributed by atoms with van der Waals surface area (Å²) in [5.74, 6) is -2.63. The third-order valence-electron chi connectivity index (χ3n) is 8.92. The van der Waals surface area contributed by atoms with Gasteiger partial charge in [-0.3, -0.25) is 19.3 Å². The number of carbonyl (C=O) groups excluding carboxylic acids is 2. The van der Waals surface area contributed by atoms with Gasteiger partial charge < -0.3 is 29.5 Å². The maximum atomic E-state index is 14.8. The summed E-state index contributed by atoms with van der Waals surface area (Å²) in [6.07, 6.45) is 2.88. The molecule has 2 fully saturated rings. The molecule has 2 N–H and O–H groups in total. The normalized spacial score (nSPS) is 19.3. The maximum Gasteiger partial charge on any atom is 0.411 e. The van der Waals surface area contributed by atoms with Crippen molar-refractivity contribution in [2.75, 3.05) is 57.7 Å². The molecule has 18 heteroatoms. The number of methoxy groups -OCH3 is 1. The lowest BCUT2D eigenvalue weighted by atomic mass is 9.87. The van der Waals surface area contributed by atoms with E-state index >= 15 is 0 Å². The fourth-order valence-corrected chi connectivity index (χ4v) is 9.75. The van der Waals surface area contributed by atoms with Gasteiger partial charge in [0.25, 0.3) is 33.5 Å². The number of hydrogen-bond donors (Lipinski definition) is 2. The van der Waals surface area contributed by atoms with Gasteiger partial charge in [-0.2, -0.15) is 4.31 Å². The molecular weight excluding hydrogens is 750 g/mol. The van der Waals surface area contributed by atoms with Crippen LogP contribution < -0.4 is 9.04 Å². The van der Waals surface area contributed by atoms with E-state index in [1.165, 1.54) is 42.8 Å². The van der Waals surface area contributed by atoms with Crippen molar-refractivity contribution < 1.29 is 47.3 Å². The number of fused-ring (bicyclic) bond motifs is 1. The molecule has 0 saturated carbocycles. The van der Waals surface area contributed by atoms with E-state index in [2.05, 4.69) is 21.8 Å². The summed E-state index contributed by atoms with van der Waals surface area (Å²) >= 11 is 7.78. The van der Waals surface area contributed by atoms with Gasteiger partial charge in [-0.05, 0) is 83.2 Å². The third-order valence-corrected chi connectivity index (χ3v) is 12.1. The number of carboxylic acids is 2. The van der Waals surface area contributed by atoms with Gasteiger partial charge in [0.2, 0.25) is 5.88 Å². The van der Waals surface area contributed by atoms with Crippen molar-refractivity contribution in [3.05, 3.63) is 68.5 Å². The number of halogens is 1. The van der Waals surface area contributed by atoms with Crippen LogP contribution in [0, 0.1) is 13.8 Å². The Kier molecular flexibility index (Phi) is 13.5. The second-order valence-corrected chi connectivity index (χ2v) is 16.4. The Labute approximate surface area is 317 Å². The average molecular weight is 794 g/mol. The fraction of sp³-hybridized carbons (Fsp3) is 0.457. The number of hydrogen-bond acceptors (Lipinski definition) is 12. The monoisotopic (exact) mass is 793 g/mol. The molecular formula is C35H44ClN5O10S2. The number of aryl methyl sites for hydroxylation is 2. The smallest absolute Gasteiger partial charge is 0.411 e. The zero-order valence-corrected chi connectivity index (χ0v) is 32.8. The zero-order valence-electron chi connectivity index (χ0n) is 30.4. The minimum atomic E-state index is -4.43. The molecule has 288 valence electrons. The van der Waals surface area contributed by atoms with E-state index in [0.717, 1.165) is 49.0 Å². The van der Waals surface area contributed by atoms with Crippen molar-refractivity contribution >= 4 is 62.6 Å². The van der Waals surface area contributed by atoms with Gasteiger partial charge in [0.1, 0.15) is 4.90 Å². The molecule has 53 heavy (non-hydrogen) atoms. The van der Waals surface area contributed by atoms with Gasteiger partial charge in [0.15, 0.2) is 0 Å². The Balaban J connectivity index is 0.000000714. The van der Waals surface area contributed by atoms with Gasteiger partial charge in [-0.15, -0.1) is 11.3 Å². The summed E-state index contributed by atoms with van der Waals surface area (Å²) in [4.78, 5) is 58.8. The van der Waals surface area contributed by atoms with E-state index in [1.807, 2.05) is 0 Å². The number of piperidine rings is 1. The van der Waals surface area contributed by atoms with Crippen LogP contribution in [0.3, 0.4) is 0 Å². The highest BCUT2D eigenvalue weighted by Gasteiger charge is 2.61. The molecule has 1 atom stereocenters. The van der Waals surface area contributed by atoms with Crippen LogP contribution in [0.4, 0.5) is 10.5 Å². The molecule has 6 rings (SSSR count). The van der Waals surface area contributed by atoms with Gasteiger partial charge >= 0.3 is 6.09 Å². The highest BCUT2D eigenvalue weighted by Crippen LogP contribution is 2.52. The minimum absolute atomic E-state index is 0.00422. The molecule has 2 aromatic heterocycles. The van der Waals surface area contributed by atoms with E-state index in [1.54, 1.807) is 36.9 Å². The number of amides is 2. The number of ether oxygens (including phenoxy) is 2. The summed E-state index contributed by atoms with van der Waals surface area (Å²) in [5, 5.41) is 15.1. The SMILES string of the molecule is CC(=O)O.CC(=O)O.COc1ncccc1C1(OC(=O)N2CCN(C3CCN(C)CC3)CC2)C(=O)N(S(=O)(=O)c2cc(C)sc2C)c2ccc(Cl)cc21. The fourth-order valence-electron chi connectivity index (χ4n) is 6.60. The molecule has 3 aromatic rings. The van der Waals surface area contributed by atoms with Crippen LogP contribution in [0.25, 0.3) is 0 Å². The molecule has 0 bridgehead atoms. The van der Waals surface area contributed by atoms with Crippen molar-refractivity contribution in [3.63, 3.8) is 0 Å². The number of carboxylic acid groups (broad SMARTS) is 2. The molecule has 2 amide bonds. The van der Waals surface area contributed by atoms with Crippen LogP contribution in [-0.2, 0) is 34.7 Å². The second kappa shape index (κ2) is 17.2. The standard InChI is InChI=1S/C31H36ClN5O6S2.2C2H4O2/c1-20-18-27(21(2)44-20)45(40,41)37-26-8-7-22(32)19-25(26)31(29(37)38,24-6-5-11-33-28(24)42-4)43-30(39)36-16-14-35(15-17-36)23-9-12-34(3)13-10-23;2*1-2(3)4/h5-8,11,18-19,23H,9-10,12-17H2,1-4H3;2*1H3,(H,3,4). The number of aliphatic carboxylic acids is 2. The zero-order chi connectivity index (χ0) is 39.2. The Morgan fingerprint density at radius 2 is 1.57 bits per heavy atom. The van der Waals surface area contributed by atoms with Gasteiger partial charge in [0.05, 0.1) is 18.4 Å². The minimum Gasteiger partial charge on any atom is -0.481 e. The molecule has 0 radical (unpaired) electrons. The average Bonchev–Trinajstić information content (AvgIpc) is 3.57. The van der Waals surface area contributed by atoms with Crippen molar-refractivity contribution in [1.82, 2.24) is 19.7 Å².